The van der Waals surface area contributed by atoms with Gasteiger partial charge in [-0.2, -0.15) is 0 Å². The van der Waals surface area contributed by atoms with Gasteiger partial charge >= 0.3 is 0 Å². The van der Waals surface area contributed by atoms with Crippen molar-refractivity contribution < 1.29 is 5.21 Å². The maximum absolute atomic E-state index is 8.54. The Hall–Kier alpha value is -1.35. The summed E-state index contributed by atoms with van der Waals surface area (Å²) >= 11 is 0. The molecule has 0 saturated carbocycles. The van der Waals surface area contributed by atoms with E-state index in [4.69, 9.17) is 5.21 Å². The lowest BCUT2D eigenvalue weighted by molar-refractivity contribution is 0.265. The average molecular weight is 206 g/mol. The van der Waals surface area contributed by atoms with Crippen LogP contribution in [0.2, 0.25) is 0 Å². The van der Waals surface area contributed by atoms with Crippen molar-refractivity contribution in [3.63, 3.8) is 0 Å². The van der Waals surface area contributed by atoms with Crippen LogP contribution in [0.15, 0.2) is 29.4 Å². The Morgan fingerprint density at radius 3 is 2.67 bits per heavy atom. The second kappa shape index (κ2) is 5.51. The Bertz CT molecular complexity index is 334. The highest BCUT2D eigenvalue weighted by Gasteiger charge is 2.06. The van der Waals surface area contributed by atoms with Crippen molar-refractivity contribution in [1.29, 1.82) is 0 Å². The van der Waals surface area contributed by atoms with Crippen LogP contribution in [-0.4, -0.2) is 29.4 Å². The van der Waals surface area contributed by atoms with Crippen LogP contribution in [0.4, 0.5) is 0 Å². The van der Waals surface area contributed by atoms with Crippen LogP contribution in [0.5, 0.6) is 0 Å². The fourth-order valence-corrected chi connectivity index (χ4v) is 1.32. The minimum absolute atomic E-state index is 0.504. The molecule has 1 aromatic rings. The zero-order valence-corrected chi connectivity index (χ0v) is 9.51. The highest BCUT2D eigenvalue weighted by atomic mass is 16.4. The number of hydrogen-bond donors (Lipinski definition) is 1. The average Bonchev–Trinajstić information content (AvgIpc) is 2.21. The molecule has 0 saturated heterocycles. The van der Waals surface area contributed by atoms with Crippen LogP contribution in [0, 0.1) is 0 Å². The van der Waals surface area contributed by atoms with Gasteiger partial charge in [0.05, 0.1) is 6.21 Å². The molecule has 0 amide bonds. The first-order chi connectivity index (χ1) is 7.15. The van der Waals surface area contributed by atoms with Gasteiger partial charge in [-0.1, -0.05) is 29.4 Å². The van der Waals surface area contributed by atoms with Crippen molar-refractivity contribution in [3.8, 4) is 0 Å². The smallest absolute Gasteiger partial charge is 0.0737 e. The molecule has 0 aromatic heterocycles. The van der Waals surface area contributed by atoms with Crippen molar-refractivity contribution >= 4 is 6.21 Å². The van der Waals surface area contributed by atoms with Crippen LogP contribution in [-0.2, 0) is 6.54 Å². The van der Waals surface area contributed by atoms with Crippen molar-refractivity contribution in [2.24, 2.45) is 5.16 Å². The van der Waals surface area contributed by atoms with Crippen molar-refractivity contribution in [3.05, 3.63) is 35.4 Å². The van der Waals surface area contributed by atoms with Gasteiger partial charge in [0.1, 0.15) is 0 Å². The minimum atomic E-state index is 0.504. The third-order valence-corrected chi connectivity index (χ3v) is 2.55. The maximum Gasteiger partial charge on any atom is 0.0737 e. The van der Waals surface area contributed by atoms with Crippen LogP contribution in [0.3, 0.4) is 0 Å². The summed E-state index contributed by atoms with van der Waals surface area (Å²) in [6, 6.07) is 8.44. The third-order valence-electron chi connectivity index (χ3n) is 2.55. The second-order valence-electron chi connectivity index (χ2n) is 3.95. The number of rotatable bonds is 4. The monoisotopic (exact) mass is 206 g/mol. The lowest BCUT2D eigenvalue weighted by Gasteiger charge is -2.21. The lowest BCUT2D eigenvalue weighted by Crippen LogP contribution is -2.26. The normalized spacial score (nSPS) is 11.8. The van der Waals surface area contributed by atoms with Gasteiger partial charge in [0.25, 0.3) is 0 Å². The van der Waals surface area contributed by atoms with Gasteiger partial charge in [0.2, 0.25) is 0 Å². The summed E-state index contributed by atoms with van der Waals surface area (Å²) in [7, 11) is 2.08. The first kappa shape index (κ1) is 11.7. The third kappa shape index (κ3) is 3.36. The van der Waals surface area contributed by atoms with E-state index in [0.29, 0.717) is 6.04 Å². The Morgan fingerprint density at radius 2 is 2.07 bits per heavy atom. The molecule has 0 radical (unpaired) electrons. The molecule has 1 rings (SSSR count). The molecule has 82 valence electrons. The topological polar surface area (TPSA) is 35.8 Å². The Balaban J connectivity index is 2.84. The zero-order chi connectivity index (χ0) is 11.3. The van der Waals surface area contributed by atoms with Crippen LogP contribution >= 0.6 is 0 Å². The molecule has 0 aliphatic rings. The molecule has 0 heterocycles. The lowest BCUT2D eigenvalue weighted by atomic mass is 10.1. The molecule has 0 aliphatic heterocycles. The number of oxime groups is 1. The van der Waals surface area contributed by atoms with Crippen LogP contribution in [0.1, 0.15) is 25.0 Å². The van der Waals surface area contributed by atoms with Gasteiger partial charge in [0.15, 0.2) is 0 Å². The van der Waals surface area contributed by atoms with E-state index in [1.165, 1.54) is 11.8 Å². The molecular formula is C12H18N2O. The van der Waals surface area contributed by atoms with Crippen molar-refractivity contribution in [1.82, 2.24) is 4.90 Å². The molecule has 15 heavy (non-hydrogen) atoms. The molecule has 3 heteroatoms. The van der Waals surface area contributed by atoms with Crippen LogP contribution < -0.4 is 0 Å². The summed E-state index contributed by atoms with van der Waals surface area (Å²) in [4.78, 5) is 2.24. The summed E-state index contributed by atoms with van der Waals surface area (Å²) in [5.74, 6) is 0. The van der Waals surface area contributed by atoms with E-state index >= 15 is 0 Å². The number of nitrogens with zero attached hydrogens (tertiary/aromatic N) is 2. The molecule has 0 bridgehead atoms. The Labute approximate surface area is 91.0 Å². The summed E-state index contributed by atoms with van der Waals surface area (Å²) in [5.41, 5.74) is 2.14. The predicted octanol–water partition coefficient (Wildman–Crippen LogP) is 2.33. The quantitative estimate of drug-likeness (QED) is 0.466. The summed E-state index contributed by atoms with van der Waals surface area (Å²) in [5, 5.41) is 11.6. The number of hydrogen-bond acceptors (Lipinski definition) is 3. The second-order valence-corrected chi connectivity index (χ2v) is 3.95. The van der Waals surface area contributed by atoms with Gasteiger partial charge < -0.3 is 5.21 Å². The fourth-order valence-electron chi connectivity index (χ4n) is 1.32. The predicted molar refractivity (Wildman–Crippen MR) is 62.4 cm³/mol. The van der Waals surface area contributed by atoms with Gasteiger partial charge in [-0.25, -0.2) is 0 Å². The van der Waals surface area contributed by atoms with Gasteiger partial charge in [-0.3, -0.25) is 4.90 Å². The first-order valence-electron chi connectivity index (χ1n) is 5.10. The van der Waals surface area contributed by atoms with Crippen molar-refractivity contribution in [2.75, 3.05) is 7.05 Å². The van der Waals surface area contributed by atoms with E-state index in [1.807, 2.05) is 18.2 Å². The number of benzene rings is 1. The van der Waals surface area contributed by atoms with E-state index < -0.39 is 0 Å². The van der Waals surface area contributed by atoms with Gasteiger partial charge in [-0.15, -0.1) is 0 Å². The van der Waals surface area contributed by atoms with E-state index in [2.05, 4.69) is 37.0 Å². The molecule has 1 aromatic carbocycles. The zero-order valence-electron chi connectivity index (χ0n) is 9.51. The molecule has 0 aliphatic carbocycles. The molecular weight excluding hydrogens is 188 g/mol. The fraction of sp³-hybridized carbons (Fsp3) is 0.417. The molecule has 3 nitrogen and oxygen atoms in total. The van der Waals surface area contributed by atoms with Gasteiger partial charge in [-0.05, 0) is 26.5 Å². The van der Waals surface area contributed by atoms with E-state index in [-0.39, 0.29) is 0 Å². The van der Waals surface area contributed by atoms with E-state index in [9.17, 15) is 0 Å². The highest BCUT2D eigenvalue weighted by molar-refractivity contribution is 5.81. The molecule has 0 unspecified atom stereocenters. The minimum Gasteiger partial charge on any atom is -0.411 e. The van der Waals surface area contributed by atoms with E-state index in [1.54, 1.807) is 0 Å². The summed E-state index contributed by atoms with van der Waals surface area (Å²) in [6.45, 7) is 5.17. The van der Waals surface area contributed by atoms with Gasteiger partial charge in [0, 0.05) is 18.2 Å². The maximum atomic E-state index is 8.54. The largest absolute Gasteiger partial charge is 0.411 e. The molecule has 1 N–H and O–H groups in total. The standard InChI is InChI=1S/C12H18N2O/c1-10(2)14(3)9-12-7-5-4-6-11(12)8-13-15/h4-8,10,15H,9H2,1-3H3/b13-8+. The Morgan fingerprint density at radius 1 is 1.40 bits per heavy atom. The van der Waals surface area contributed by atoms with E-state index in [0.717, 1.165) is 12.1 Å². The summed E-state index contributed by atoms with van der Waals surface area (Å²) in [6.07, 6.45) is 1.48. The molecule has 0 spiro atoms. The highest BCUT2D eigenvalue weighted by Crippen LogP contribution is 2.10. The van der Waals surface area contributed by atoms with Crippen LogP contribution in [0.25, 0.3) is 0 Å². The SMILES string of the molecule is CC(C)N(C)Cc1ccccc1/C=N/O. The molecule has 0 fully saturated rings. The summed E-state index contributed by atoms with van der Waals surface area (Å²) < 4.78 is 0. The first-order valence-corrected chi connectivity index (χ1v) is 5.10. The van der Waals surface area contributed by atoms with Crippen molar-refractivity contribution in [2.45, 2.75) is 26.4 Å². The Kier molecular flexibility index (Phi) is 4.31. The molecule has 0 atom stereocenters.